The van der Waals surface area contributed by atoms with Gasteiger partial charge in [-0.25, -0.2) is 9.07 Å². The molecule has 11 heteroatoms. The highest BCUT2D eigenvalue weighted by Crippen LogP contribution is 2.29. The lowest BCUT2D eigenvalue weighted by Crippen LogP contribution is -2.52. The van der Waals surface area contributed by atoms with Gasteiger partial charge >= 0.3 is 0 Å². The minimum absolute atomic E-state index is 0.0673. The summed E-state index contributed by atoms with van der Waals surface area (Å²) in [7, 11) is 1.57. The summed E-state index contributed by atoms with van der Waals surface area (Å²) in [5, 5.41) is 10.3. The SMILES string of the molecule is CC(c1ccccc1F)N(C)C(=O)c1cn(-c2ccc3c(c2)C(=O)N(C2CCC(=O)NC2=O)C3)nn1. The second-order valence-corrected chi connectivity index (χ2v) is 8.90. The first-order chi connectivity index (χ1) is 17.2. The lowest BCUT2D eigenvalue weighted by Gasteiger charge is -2.29. The summed E-state index contributed by atoms with van der Waals surface area (Å²) < 4.78 is 15.6. The summed E-state index contributed by atoms with van der Waals surface area (Å²) in [5.41, 5.74) is 2.15. The zero-order valence-electron chi connectivity index (χ0n) is 19.6. The maximum Gasteiger partial charge on any atom is 0.276 e. The fourth-order valence-electron chi connectivity index (χ4n) is 4.55. The number of nitrogens with zero attached hydrogens (tertiary/aromatic N) is 5. The predicted octanol–water partition coefficient (Wildman–Crippen LogP) is 2.00. The second-order valence-electron chi connectivity index (χ2n) is 8.90. The molecule has 2 aromatic carbocycles. The van der Waals surface area contributed by atoms with Crippen LogP contribution < -0.4 is 5.32 Å². The summed E-state index contributed by atoms with van der Waals surface area (Å²) in [4.78, 5) is 52.6. The van der Waals surface area contributed by atoms with Gasteiger partial charge in [0.2, 0.25) is 11.8 Å². The van der Waals surface area contributed by atoms with Gasteiger partial charge in [0.15, 0.2) is 5.69 Å². The summed E-state index contributed by atoms with van der Waals surface area (Å²) in [6.07, 6.45) is 1.91. The van der Waals surface area contributed by atoms with E-state index < -0.39 is 29.7 Å². The van der Waals surface area contributed by atoms with Crippen LogP contribution in [0.1, 0.15) is 57.8 Å². The molecule has 36 heavy (non-hydrogen) atoms. The smallest absolute Gasteiger partial charge is 0.276 e. The summed E-state index contributed by atoms with van der Waals surface area (Å²) in [6.45, 7) is 1.99. The highest BCUT2D eigenvalue weighted by molar-refractivity contribution is 6.05. The molecule has 1 fully saturated rings. The number of hydrogen-bond donors (Lipinski definition) is 1. The molecule has 3 aromatic rings. The molecule has 4 amide bonds. The number of halogens is 1. The van der Waals surface area contributed by atoms with Gasteiger partial charge in [-0.1, -0.05) is 29.5 Å². The third-order valence-electron chi connectivity index (χ3n) is 6.75. The second kappa shape index (κ2) is 8.99. The van der Waals surface area contributed by atoms with Crippen LogP contribution in [0.2, 0.25) is 0 Å². The van der Waals surface area contributed by atoms with Crippen LogP contribution >= 0.6 is 0 Å². The number of aromatic nitrogens is 3. The molecule has 3 heterocycles. The van der Waals surface area contributed by atoms with Gasteiger partial charge in [-0.15, -0.1) is 5.10 Å². The molecule has 2 aliphatic rings. The first-order valence-electron chi connectivity index (χ1n) is 11.5. The van der Waals surface area contributed by atoms with Crippen molar-refractivity contribution in [1.82, 2.24) is 30.1 Å². The van der Waals surface area contributed by atoms with E-state index in [1.54, 1.807) is 50.4 Å². The topological polar surface area (TPSA) is 118 Å². The normalized spacial score (nSPS) is 18.1. The lowest BCUT2D eigenvalue weighted by atomic mass is 10.0. The van der Waals surface area contributed by atoms with Gasteiger partial charge < -0.3 is 9.80 Å². The minimum Gasteiger partial charge on any atom is -0.333 e. The minimum atomic E-state index is -0.700. The number of carbonyl (C=O) groups is 4. The Morgan fingerprint density at radius 2 is 1.97 bits per heavy atom. The number of nitrogens with one attached hydrogen (secondary N) is 1. The average molecular weight is 490 g/mol. The van der Waals surface area contributed by atoms with Crippen molar-refractivity contribution in [2.75, 3.05) is 7.05 Å². The predicted molar refractivity (Wildman–Crippen MR) is 124 cm³/mol. The molecule has 2 aliphatic heterocycles. The molecule has 5 rings (SSSR count). The lowest BCUT2D eigenvalue weighted by molar-refractivity contribution is -0.136. The van der Waals surface area contributed by atoms with Gasteiger partial charge in [0, 0.05) is 31.1 Å². The molecule has 0 radical (unpaired) electrons. The number of fused-ring (bicyclic) bond motifs is 1. The van der Waals surface area contributed by atoms with E-state index in [0.717, 1.165) is 5.56 Å². The Bertz CT molecular complexity index is 1400. The molecule has 0 aliphatic carbocycles. The van der Waals surface area contributed by atoms with Crippen molar-refractivity contribution >= 4 is 23.6 Å². The Morgan fingerprint density at radius 3 is 2.72 bits per heavy atom. The number of amides is 4. The van der Waals surface area contributed by atoms with Crippen LogP contribution in [-0.4, -0.2) is 61.5 Å². The maximum atomic E-state index is 14.2. The quantitative estimate of drug-likeness (QED) is 0.547. The molecule has 0 saturated carbocycles. The molecule has 1 aromatic heterocycles. The van der Waals surface area contributed by atoms with E-state index >= 15 is 0 Å². The standard InChI is InChI=1S/C25H23FN6O4/c1-14(17-5-3-4-6-19(17)26)30(2)25(36)20-13-32(29-28-20)16-8-7-15-12-31(24(35)18(15)11-16)21-9-10-22(33)27-23(21)34/h3-8,11,13-14,21H,9-10,12H2,1-2H3,(H,27,33,34). The number of hydrogen-bond acceptors (Lipinski definition) is 6. The molecular weight excluding hydrogens is 467 g/mol. The van der Waals surface area contributed by atoms with Gasteiger partial charge in [-0.05, 0) is 37.1 Å². The van der Waals surface area contributed by atoms with Crippen molar-refractivity contribution in [3.63, 3.8) is 0 Å². The third kappa shape index (κ3) is 4.02. The molecule has 10 nitrogen and oxygen atoms in total. The van der Waals surface area contributed by atoms with Crippen molar-refractivity contribution in [3.05, 3.63) is 76.9 Å². The summed E-state index contributed by atoms with van der Waals surface area (Å²) in [5.74, 6) is -1.95. The Morgan fingerprint density at radius 1 is 1.19 bits per heavy atom. The first kappa shape index (κ1) is 23.3. The van der Waals surface area contributed by atoms with Crippen molar-refractivity contribution < 1.29 is 23.6 Å². The van der Waals surface area contributed by atoms with E-state index in [1.165, 1.54) is 26.7 Å². The number of benzene rings is 2. The van der Waals surface area contributed by atoms with Crippen molar-refractivity contribution in [3.8, 4) is 5.69 Å². The van der Waals surface area contributed by atoms with Crippen LogP contribution in [0.15, 0.2) is 48.7 Å². The zero-order chi connectivity index (χ0) is 25.6. The van der Waals surface area contributed by atoms with Gasteiger partial charge in [0.25, 0.3) is 11.8 Å². The summed E-state index contributed by atoms with van der Waals surface area (Å²) in [6, 6.07) is 10.2. The van der Waals surface area contributed by atoms with Crippen molar-refractivity contribution in [2.45, 2.75) is 38.4 Å². The molecule has 0 spiro atoms. The number of imide groups is 1. The van der Waals surface area contributed by atoms with E-state index in [1.807, 2.05) is 0 Å². The van der Waals surface area contributed by atoms with E-state index in [2.05, 4.69) is 15.6 Å². The van der Waals surface area contributed by atoms with E-state index in [0.29, 0.717) is 16.8 Å². The Hall–Kier alpha value is -4.41. The zero-order valence-corrected chi connectivity index (χ0v) is 19.6. The maximum absolute atomic E-state index is 14.2. The summed E-state index contributed by atoms with van der Waals surface area (Å²) >= 11 is 0. The number of piperidine rings is 1. The van der Waals surface area contributed by atoms with Crippen LogP contribution in [-0.2, 0) is 16.1 Å². The highest BCUT2D eigenvalue weighted by Gasteiger charge is 2.39. The molecule has 1 N–H and O–H groups in total. The van der Waals surface area contributed by atoms with Gasteiger partial charge in [-0.3, -0.25) is 24.5 Å². The first-order valence-corrected chi connectivity index (χ1v) is 11.5. The fourth-order valence-corrected chi connectivity index (χ4v) is 4.55. The fraction of sp³-hybridized carbons (Fsp3) is 0.280. The van der Waals surface area contributed by atoms with Crippen LogP contribution in [0.4, 0.5) is 4.39 Å². The van der Waals surface area contributed by atoms with E-state index in [9.17, 15) is 23.6 Å². The molecule has 1 saturated heterocycles. The largest absolute Gasteiger partial charge is 0.333 e. The Balaban J connectivity index is 1.34. The molecular formula is C25H23FN6O4. The van der Waals surface area contributed by atoms with Crippen LogP contribution in [0, 0.1) is 5.82 Å². The molecule has 2 atom stereocenters. The van der Waals surface area contributed by atoms with Crippen molar-refractivity contribution in [1.29, 1.82) is 0 Å². The van der Waals surface area contributed by atoms with Crippen LogP contribution in [0.25, 0.3) is 5.69 Å². The molecule has 2 unspecified atom stereocenters. The highest BCUT2D eigenvalue weighted by atomic mass is 19.1. The number of carbonyl (C=O) groups excluding carboxylic acids is 4. The van der Waals surface area contributed by atoms with Crippen LogP contribution in [0.3, 0.4) is 0 Å². The average Bonchev–Trinajstić information content (AvgIpc) is 3.48. The van der Waals surface area contributed by atoms with Gasteiger partial charge in [0.05, 0.1) is 17.9 Å². The van der Waals surface area contributed by atoms with E-state index in [-0.39, 0.29) is 36.9 Å². The third-order valence-corrected chi connectivity index (χ3v) is 6.75. The molecule has 184 valence electrons. The number of rotatable bonds is 5. The monoisotopic (exact) mass is 490 g/mol. The van der Waals surface area contributed by atoms with E-state index in [4.69, 9.17) is 0 Å². The van der Waals surface area contributed by atoms with Gasteiger partial charge in [-0.2, -0.15) is 0 Å². The Kier molecular flexibility index (Phi) is 5.83. The van der Waals surface area contributed by atoms with Crippen molar-refractivity contribution in [2.24, 2.45) is 0 Å². The van der Waals surface area contributed by atoms with Crippen LogP contribution in [0.5, 0.6) is 0 Å². The van der Waals surface area contributed by atoms with Gasteiger partial charge in [0.1, 0.15) is 11.9 Å². The molecule has 0 bridgehead atoms. The Labute approximate surface area is 205 Å².